The lowest BCUT2D eigenvalue weighted by Crippen LogP contribution is -2.30. The van der Waals surface area contributed by atoms with Crippen molar-refractivity contribution in [2.75, 3.05) is 11.9 Å². The van der Waals surface area contributed by atoms with E-state index in [1.54, 1.807) is 42.5 Å². The highest BCUT2D eigenvalue weighted by Gasteiger charge is 2.16. The number of carbonyl (C=O) groups is 2. The van der Waals surface area contributed by atoms with E-state index >= 15 is 0 Å². The lowest BCUT2D eigenvalue weighted by molar-refractivity contribution is -0.113. The van der Waals surface area contributed by atoms with Gasteiger partial charge in [0.25, 0.3) is 11.8 Å². The van der Waals surface area contributed by atoms with Crippen LogP contribution in [0.15, 0.2) is 77.8 Å². The second kappa shape index (κ2) is 9.53. The molecule has 1 heterocycles. The molecule has 0 unspecified atom stereocenters. The number of carbonyl (C=O) groups excluding carboxylic acids is 2. The molecule has 1 aromatic heterocycles. The largest absolute Gasteiger partial charge is 0.492 e. The average molecular weight is 392 g/mol. The van der Waals surface area contributed by atoms with Crippen LogP contribution in [0, 0.1) is 0 Å². The van der Waals surface area contributed by atoms with E-state index in [1.165, 1.54) is 11.3 Å². The van der Waals surface area contributed by atoms with Crippen LogP contribution in [-0.4, -0.2) is 18.4 Å². The molecule has 0 saturated carbocycles. The molecule has 0 radical (unpaired) electrons. The normalized spacial score (nSPS) is 11.0. The molecule has 3 aromatic rings. The Bertz CT molecular complexity index is 966. The number of thiophene rings is 1. The van der Waals surface area contributed by atoms with Gasteiger partial charge in [-0.15, -0.1) is 11.3 Å². The van der Waals surface area contributed by atoms with Gasteiger partial charge in [-0.2, -0.15) is 0 Å². The highest BCUT2D eigenvalue weighted by molar-refractivity contribution is 7.10. The Morgan fingerprint density at radius 1 is 1.00 bits per heavy atom. The van der Waals surface area contributed by atoms with Crippen molar-refractivity contribution in [3.05, 3.63) is 88.2 Å². The van der Waals surface area contributed by atoms with Crippen LogP contribution in [0.25, 0.3) is 6.08 Å². The molecule has 0 aliphatic carbocycles. The number of nitrogens with one attached hydrogen (secondary N) is 2. The Morgan fingerprint density at radius 3 is 2.46 bits per heavy atom. The summed E-state index contributed by atoms with van der Waals surface area (Å²) in [5.41, 5.74) is 1.17. The highest BCUT2D eigenvalue weighted by atomic mass is 32.1. The summed E-state index contributed by atoms with van der Waals surface area (Å²) < 4.78 is 5.55. The van der Waals surface area contributed by atoms with E-state index in [0.29, 0.717) is 23.6 Å². The van der Waals surface area contributed by atoms with E-state index in [4.69, 9.17) is 4.74 Å². The summed E-state index contributed by atoms with van der Waals surface area (Å²) in [5, 5.41) is 7.45. The summed E-state index contributed by atoms with van der Waals surface area (Å²) in [5.74, 6) is -0.204. The first-order valence-electron chi connectivity index (χ1n) is 8.82. The van der Waals surface area contributed by atoms with Gasteiger partial charge < -0.3 is 15.4 Å². The predicted octanol–water partition coefficient (Wildman–Crippen LogP) is 4.56. The molecule has 28 heavy (non-hydrogen) atoms. The minimum absolute atomic E-state index is 0.155. The van der Waals surface area contributed by atoms with Crippen LogP contribution in [0.3, 0.4) is 0 Å². The lowest BCUT2D eigenvalue weighted by Gasteiger charge is -2.14. The molecule has 0 spiro atoms. The number of amides is 2. The van der Waals surface area contributed by atoms with Crippen LogP contribution in [-0.2, 0) is 4.79 Å². The number of hydrogen-bond acceptors (Lipinski definition) is 4. The number of anilines is 1. The first-order valence-corrected chi connectivity index (χ1v) is 9.70. The molecule has 6 heteroatoms. The van der Waals surface area contributed by atoms with E-state index in [-0.39, 0.29) is 11.6 Å². The quantitative estimate of drug-likeness (QED) is 0.580. The second-order valence-corrected chi connectivity index (χ2v) is 6.76. The number of benzene rings is 2. The fraction of sp³-hybridized carbons (Fsp3) is 0.0909. The maximum absolute atomic E-state index is 12.9. The van der Waals surface area contributed by atoms with Crippen LogP contribution in [0.4, 0.5) is 5.69 Å². The van der Waals surface area contributed by atoms with Crippen molar-refractivity contribution in [3.63, 3.8) is 0 Å². The second-order valence-electron chi connectivity index (χ2n) is 5.78. The zero-order valence-corrected chi connectivity index (χ0v) is 16.2. The molecular formula is C22H20N2O3S. The van der Waals surface area contributed by atoms with Crippen molar-refractivity contribution in [3.8, 4) is 5.75 Å². The summed E-state index contributed by atoms with van der Waals surface area (Å²) >= 11 is 1.48. The third kappa shape index (κ3) is 5.08. The molecule has 0 aliphatic heterocycles. The Balaban J connectivity index is 1.85. The van der Waals surface area contributed by atoms with Gasteiger partial charge >= 0.3 is 0 Å². The van der Waals surface area contributed by atoms with Gasteiger partial charge in [0.1, 0.15) is 11.4 Å². The van der Waals surface area contributed by atoms with Crippen molar-refractivity contribution in [1.29, 1.82) is 0 Å². The van der Waals surface area contributed by atoms with Gasteiger partial charge in [0.15, 0.2) is 0 Å². The molecule has 5 nitrogen and oxygen atoms in total. The van der Waals surface area contributed by atoms with Gasteiger partial charge in [-0.1, -0.05) is 36.4 Å². The number of rotatable bonds is 7. The maximum atomic E-state index is 12.9. The van der Waals surface area contributed by atoms with Gasteiger partial charge in [-0.05, 0) is 48.7 Å². The molecule has 0 atom stereocenters. The smallest absolute Gasteiger partial charge is 0.272 e. The van der Waals surface area contributed by atoms with Gasteiger partial charge in [-0.25, -0.2) is 0 Å². The Kier molecular flexibility index (Phi) is 6.59. The van der Waals surface area contributed by atoms with E-state index in [9.17, 15) is 9.59 Å². The van der Waals surface area contributed by atoms with Crippen molar-refractivity contribution in [2.45, 2.75) is 6.92 Å². The van der Waals surface area contributed by atoms with Crippen molar-refractivity contribution < 1.29 is 14.3 Å². The number of para-hydroxylation sites is 2. The third-order valence-electron chi connectivity index (χ3n) is 3.79. The van der Waals surface area contributed by atoms with Crippen molar-refractivity contribution in [1.82, 2.24) is 5.32 Å². The number of ether oxygens (including phenoxy) is 1. The van der Waals surface area contributed by atoms with Gasteiger partial charge in [0.05, 0.1) is 12.3 Å². The van der Waals surface area contributed by atoms with Gasteiger partial charge in [0.2, 0.25) is 0 Å². The highest BCUT2D eigenvalue weighted by Crippen LogP contribution is 2.24. The first kappa shape index (κ1) is 19.4. The van der Waals surface area contributed by atoms with Crippen LogP contribution in [0.5, 0.6) is 5.75 Å². The van der Waals surface area contributed by atoms with Crippen LogP contribution in [0.1, 0.15) is 22.2 Å². The van der Waals surface area contributed by atoms with Crippen molar-refractivity contribution >= 4 is 34.9 Å². The zero-order chi connectivity index (χ0) is 19.8. The van der Waals surface area contributed by atoms with Crippen LogP contribution >= 0.6 is 11.3 Å². The summed E-state index contributed by atoms with van der Waals surface area (Å²) in [6.07, 6.45) is 1.66. The molecule has 2 amide bonds. The fourth-order valence-electron chi connectivity index (χ4n) is 2.50. The summed E-state index contributed by atoms with van der Waals surface area (Å²) in [4.78, 5) is 26.3. The maximum Gasteiger partial charge on any atom is 0.272 e. The minimum Gasteiger partial charge on any atom is -0.492 e. The summed E-state index contributed by atoms with van der Waals surface area (Å²) in [6, 6.07) is 19.7. The molecule has 2 aromatic carbocycles. The lowest BCUT2D eigenvalue weighted by atomic mass is 10.2. The van der Waals surface area contributed by atoms with E-state index in [0.717, 1.165) is 4.88 Å². The molecular weight excluding hydrogens is 372 g/mol. The monoisotopic (exact) mass is 392 g/mol. The number of hydrogen-bond donors (Lipinski definition) is 2. The van der Waals surface area contributed by atoms with E-state index in [1.807, 2.05) is 42.6 Å². The topological polar surface area (TPSA) is 67.4 Å². The van der Waals surface area contributed by atoms with Gasteiger partial charge in [-0.3, -0.25) is 9.59 Å². The van der Waals surface area contributed by atoms with Gasteiger partial charge in [0, 0.05) is 10.4 Å². The Morgan fingerprint density at radius 2 is 1.75 bits per heavy atom. The molecule has 0 bridgehead atoms. The zero-order valence-electron chi connectivity index (χ0n) is 15.3. The fourth-order valence-corrected chi connectivity index (χ4v) is 3.16. The van der Waals surface area contributed by atoms with Crippen LogP contribution in [0.2, 0.25) is 0 Å². The molecule has 0 saturated heterocycles. The molecule has 3 rings (SSSR count). The Hall–Kier alpha value is -3.38. The van der Waals surface area contributed by atoms with Crippen molar-refractivity contribution in [2.24, 2.45) is 0 Å². The molecule has 0 aliphatic rings. The standard InChI is InChI=1S/C22H20N2O3S/c1-2-27-20-13-7-6-12-18(20)23-22(26)19(15-17-11-8-14-28-17)24-21(25)16-9-4-3-5-10-16/h3-15H,2H2,1H3,(H,23,26)(H,24,25)/b19-15-. The molecule has 0 fully saturated rings. The molecule has 2 N–H and O–H groups in total. The summed E-state index contributed by atoms with van der Waals surface area (Å²) in [6.45, 7) is 2.36. The van der Waals surface area contributed by atoms with Crippen LogP contribution < -0.4 is 15.4 Å². The Labute approximate surface area is 167 Å². The van der Waals surface area contributed by atoms with E-state index < -0.39 is 5.91 Å². The van der Waals surface area contributed by atoms with E-state index in [2.05, 4.69) is 10.6 Å². The first-order chi connectivity index (χ1) is 13.7. The predicted molar refractivity (Wildman–Crippen MR) is 112 cm³/mol. The minimum atomic E-state index is -0.426. The third-order valence-corrected chi connectivity index (χ3v) is 4.61. The summed E-state index contributed by atoms with van der Waals surface area (Å²) in [7, 11) is 0. The molecule has 142 valence electrons. The average Bonchev–Trinajstić information content (AvgIpc) is 3.23. The SMILES string of the molecule is CCOc1ccccc1NC(=O)/C(=C/c1cccs1)NC(=O)c1ccccc1.